The average Bonchev–Trinajstić information content (AvgIpc) is 2.95. The Hall–Kier alpha value is -2.64. The molecule has 8 nitrogen and oxygen atoms in total. The number of anilines is 1. The zero-order chi connectivity index (χ0) is 15.2. The van der Waals surface area contributed by atoms with E-state index < -0.39 is 12.1 Å². The van der Waals surface area contributed by atoms with Crippen molar-refractivity contribution in [3.05, 3.63) is 24.2 Å². The largest absolute Gasteiger partial charge is 0.466 e. The minimum absolute atomic E-state index is 0.0341. The third kappa shape index (κ3) is 4.16. The molecule has 1 aromatic rings. The minimum Gasteiger partial charge on any atom is -0.466 e. The van der Waals surface area contributed by atoms with Crippen LogP contribution in [0.1, 0.15) is 12.1 Å². The first-order chi connectivity index (χ1) is 10.1. The number of hydrogen-bond acceptors (Lipinski definition) is 6. The van der Waals surface area contributed by atoms with Gasteiger partial charge in [-0.1, -0.05) is 0 Å². The van der Waals surface area contributed by atoms with Crippen LogP contribution in [0, 0.1) is 0 Å². The van der Waals surface area contributed by atoms with Crippen molar-refractivity contribution < 1.29 is 19.4 Å². The number of likely N-dealkylation sites (tertiary alicyclic amines) is 1. The third-order valence-electron chi connectivity index (χ3n) is 3.07. The first kappa shape index (κ1) is 14.8. The Morgan fingerprint density at radius 3 is 2.86 bits per heavy atom. The Morgan fingerprint density at radius 1 is 1.48 bits per heavy atom. The van der Waals surface area contributed by atoms with Crippen LogP contribution in [0.4, 0.5) is 10.6 Å². The molecule has 0 aromatic carbocycles. The highest BCUT2D eigenvalue weighted by Gasteiger charge is 2.25. The number of ether oxygens (including phenoxy) is 1. The number of nitrogens with zero attached hydrogens (tertiary/aromatic N) is 3. The number of rotatable bonds is 4. The number of aromatic nitrogens is 2. The second kappa shape index (κ2) is 6.69. The summed E-state index contributed by atoms with van der Waals surface area (Å²) in [4.78, 5) is 31.4. The number of methoxy groups -OCH3 is 1. The fourth-order valence-corrected chi connectivity index (χ4v) is 1.98. The van der Waals surface area contributed by atoms with E-state index in [-0.39, 0.29) is 6.04 Å². The van der Waals surface area contributed by atoms with Crippen LogP contribution in [0.3, 0.4) is 0 Å². The molecule has 0 spiro atoms. The zero-order valence-corrected chi connectivity index (χ0v) is 11.5. The van der Waals surface area contributed by atoms with Gasteiger partial charge in [0, 0.05) is 25.2 Å². The van der Waals surface area contributed by atoms with Crippen LogP contribution in [0.5, 0.6) is 0 Å². The van der Waals surface area contributed by atoms with E-state index in [0.717, 1.165) is 6.42 Å². The maximum Gasteiger partial charge on any atom is 0.407 e. The Labute approximate surface area is 121 Å². The lowest BCUT2D eigenvalue weighted by molar-refractivity contribution is -0.134. The van der Waals surface area contributed by atoms with Crippen LogP contribution in [-0.4, -0.2) is 58.3 Å². The van der Waals surface area contributed by atoms with Crippen LogP contribution in [-0.2, 0) is 9.53 Å². The molecular weight excluding hydrogens is 276 g/mol. The molecular formula is C13H16N4O4. The van der Waals surface area contributed by atoms with Crippen LogP contribution >= 0.6 is 0 Å². The van der Waals surface area contributed by atoms with Gasteiger partial charge in [0.1, 0.15) is 5.82 Å². The number of carboxylic acid groups (broad SMARTS) is 1. The number of amides is 1. The molecule has 8 heteroatoms. The predicted molar refractivity (Wildman–Crippen MR) is 74.7 cm³/mol. The predicted octanol–water partition coefficient (Wildman–Crippen LogP) is 0.827. The number of nitrogens with one attached hydrogen (secondary N) is 1. The highest BCUT2D eigenvalue weighted by molar-refractivity contribution is 5.86. The number of hydrogen-bond donors (Lipinski definition) is 2. The summed E-state index contributed by atoms with van der Waals surface area (Å²) in [7, 11) is 1.30. The molecule has 1 aliphatic rings. The van der Waals surface area contributed by atoms with Crippen molar-refractivity contribution in [3.63, 3.8) is 0 Å². The van der Waals surface area contributed by atoms with Gasteiger partial charge in [0.2, 0.25) is 0 Å². The molecule has 0 unspecified atom stereocenters. The molecule has 112 valence electrons. The van der Waals surface area contributed by atoms with E-state index in [0.29, 0.717) is 24.6 Å². The summed E-state index contributed by atoms with van der Waals surface area (Å²) >= 11 is 0. The summed E-state index contributed by atoms with van der Waals surface area (Å²) in [6, 6.07) is 0.0341. The van der Waals surface area contributed by atoms with E-state index >= 15 is 0 Å². The summed E-state index contributed by atoms with van der Waals surface area (Å²) in [5, 5.41) is 12.0. The van der Waals surface area contributed by atoms with E-state index in [1.54, 1.807) is 6.20 Å². The molecule has 0 saturated carbocycles. The first-order valence-corrected chi connectivity index (χ1v) is 6.41. The van der Waals surface area contributed by atoms with Crippen LogP contribution in [0.15, 0.2) is 18.5 Å². The van der Waals surface area contributed by atoms with E-state index in [1.807, 2.05) is 0 Å². The smallest absolute Gasteiger partial charge is 0.407 e. The molecule has 2 N–H and O–H groups in total. The topological polar surface area (TPSA) is 105 Å². The lowest BCUT2D eigenvalue weighted by atomic mass is 10.2. The molecule has 21 heavy (non-hydrogen) atoms. The van der Waals surface area contributed by atoms with E-state index in [4.69, 9.17) is 5.11 Å². The lowest BCUT2D eigenvalue weighted by Crippen LogP contribution is -2.30. The van der Waals surface area contributed by atoms with Gasteiger partial charge in [-0.3, -0.25) is 4.98 Å². The summed E-state index contributed by atoms with van der Waals surface area (Å²) in [5.41, 5.74) is 0.532. The molecule has 1 saturated heterocycles. The average molecular weight is 292 g/mol. The summed E-state index contributed by atoms with van der Waals surface area (Å²) < 4.78 is 4.47. The molecule has 1 atom stereocenters. The fraction of sp³-hybridized carbons (Fsp3) is 0.385. The van der Waals surface area contributed by atoms with Crippen molar-refractivity contribution in [2.75, 3.05) is 25.5 Å². The van der Waals surface area contributed by atoms with Gasteiger partial charge in [-0.15, -0.1) is 0 Å². The van der Waals surface area contributed by atoms with Crippen molar-refractivity contribution in [3.8, 4) is 0 Å². The Kier molecular flexibility index (Phi) is 4.70. The standard InChI is InChI=1S/C13H16N4O4/c1-21-12(18)3-2-9-6-15-11(7-14-9)16-10-4-5-17(8-10)13(19)20/h2-3,6-7,10H,4-5,8H2,1H3,(H,15,16)(H,19,20)/t10-/m1/s1. The molecule has 0 aliphatic carbocycles. The van der Waals surface area contributed by atoms with Gasteiger partial charge in [0.05, 0.1) is 25.2 Å². The van der Waals surface area contributed by atoms with E-state index in [1.165, 1.54) is 30.4 Å². The molecule has 0 bridgehead atoms. The SMILES string of the molecule is COC(=O)C=Cc1cnc(N[C@@H]2CCN(C(=O)O)C2)cn1. The molecule has 1 fully saturated rings. The molecule has 1 aromatic heterocycles. The van der Waals surface area contributed by atoms with E-state index in [2.05, 4.69) is 20.0 Å². The summed E-state index contributed by atoms with van der Waals surface area (Å²) in [5.74, 6) is 0.112. The minimum atomic E-state index is -0.909. The van der Waals surface area contributed by atoms with Crippen LogP contribution in [0.2, 0.25) is 0 Å². The zero-order valence-electron chi connectivity index (χ0n) is 11.5. The summed E-state index contributed by atoms with van der Waals surface area (Å²) in [6.45, 7) is 0.946. The normalized spacial score (nSPS) is 18.0. The van der Waals surface area contributed by atoms with Gasteiger partial charge < -0.3 is 20.1 Å². The number of carbonyl (C=O) groups is 2. The first-order valence-electron chi connectivity index (χ1n) is 6.41. The number of carbonyl (C=O) groups excluding carboxylic acids is 1. The maximum absolute atomic E-state index is 10.9. The lowest BCUT2D eigenvalue weighted by Gasteiger charge is -2.14. The highest BCUT2D eigenvalue weighted by Crippen LogP contribution is 2.14. The Bertz CT molecular complexity index is 544. The molecule has 2 rings (SSSR count). The quantitative estimate of drug-likeness (QED) is 0.625. The molecule has 2 heterocycles. The number of esters is 1. The van der Waals surface area contributed by atoms with Crippen molar-refractivity contribution >= 4 is 24.0 Å². The fourth-order valence-electron chi connectivity index (χ4n) is 1.98. The molecule has 1 amide bonds. The van der Waals surface area contributed by atoms with Gasteiger partial charge in [-0.2, -0.15) is 0 Å². The second-order valence-corrected chi connectivity index (χ2v) is 4.54. The van der Waals surface area contributed by atoms with Gasteiger partial charge in [0.25, 0.3) is 0 Å². The maximum atomic E-state index is 10.9. The van der Waals surface area contributed by atoms with Gasteiger partial charge in [-0.25, -0.2) is 14.6 Å². The van der Waals surface area contributed by atoms with Crippen molar-refractivity contribution in [1.82, 2.24) is 14.9 Å². The highest BCUT2D eigenvalue weighted by atomic mass is 16.5. The third-order valence-corrected chi connectivity index (χ3v) is 3.07. The van der Waals surface area contributed by atoms with Crippen molar-refractivity contribution in [2.24, 2.45) is 0 Å². The van der Waals surface area contributed by atoms with Gasteiger partial charge in [0.15, 0.2) is 0 Å². The Morgan fingerprint density at radius 2 is 2.29 bits per heavy atom. The van der Waals surface area contributed by atoms with Gasteiger partial charge >= 0.3 is 12.1 Å². The van der Waals surface area contributed by atoms with Crippen LogP contribution in [0.25, 0.3) is 6.08 Å². The van der Waals surface area contributed by atoms with Crippen molar-refractivity contribution in [2.45, 2.75) is 12.5 Å². The summed E-state index contributed by atoms with van der Waals surface area (Å²) in [6.07, 6.45) is 5.65. The van der Waals surface area contributed by atoms with Crippen molar-refractivity contribution in [1.29, 1.82) is 0 Å². The van der Waals surface area contributed by atoms with Gasteiger partial charge in [-0.05, 0) is 12.5 Å². The monoisotopic (exact) mass is 292 g/mol. The van der Waals surface area contributed by atoms with Crippen LogP contribution < -0.4 is 5.32 Å². The molecule has 0 radical (unpaired) electrons. The molecule has 1 aliphatic heterocycles. The van der Waals surface area contributed by atoms with E-state index in [9.17, 15) is 9.59 Å². The Balaban J connectivity index is 1.90. The second-order valence-electron chi connectivity index (χ2n) is 4.54.